The lowest BCUT2D eigenvalue weighted by atomic mass is 10.3. The molecule has 2 nitrogen and oxygen atoms in total. The molecule has 3 heteroatoms. The van der Waals surface area contributed by atoms with E-state index in [1.165, 1.54) is 15.1 Å². The highest BCUT2D eigenvalue weighted by Gasteiger charge is 1.99. The standard InChI is InChI=1S/C7H8N2S/c1-2-6-3-5-4-8-9-7(5)10-6/h3-4H,2H2,1H3,(H,8,9). The lowest BCUT2D eigenvalue weighted by Gasteiger charge is -1.80. The van der Waals surface area contributed by atoms with Gasteiger partial charge < -0.3 is 0 Å². The van der Waals surface area contributed by atoms with E-state index in [1.54, 1.807) is 11.3 Å². The van der Waals surface area contributed by atoms with E-state index in [0.717, 1.165) is 6.42 Å². The molecule has 0 amide bonds. The van der Waals surface area contributed by atoms with E-state index in [4.69, 9.17) is 0 Å². The van der Waals surface area contributed by atoms with Gasteiger partial charge in [-0.25, -0.2) is 0 Å². The van der Waals surface area contributed by atoms with Crippen LogP contribution >= 0.6 is 11.3 Å². The van der Waals surface area contributed by atoms with Crippen molar-refractivity contribution in [2.24, 2.45) is 0 Å². The molecule has 0 unspecified atom stereocenters. The Morgan fingerprint density at radius 3 is 3.30 bits per heavy atom. The maximum Gasteiger partial charge on any atom is 0.118 e. The number of hydrogen-bond donors (Lipinski definition) is 1. The van der Waals surface area contributed by atoms with Gasteiger partial charge >= 0.3 is 0 Å². The Morgan fingerprint density at radius 2 is 2.60 bits per heavy atom. The van der Waals surface area contributed by atoms with Crippen molar-refractivity contribution in [3.8, 4) is 0 Å². The number of nitrogens with one attached hydrogen (secondary N) is 1. The molecule has 0 atom stereocenters. The molecule has 0 bridgehead atoms. The first-order chi connectivity index (χ1) is 4.90. The minimum Gasteiger partial charge on any atom is -0.268 e. The van der Waals surface area contributed by atoms with Crippen LogP contribution in [0.1, 0.15) is 11.8 Å². The summed E-state index contributed by atoms with van der Waals surface area (Å²) >= 11 is 1.79. The summed E-state index contributed by atoms with van der Waals surface area (Å²) < 4.78 is 0. The highest BCUT2D eigenvalue weighted by Crippen LogP contribution is 2.22. The van der Waals surface area contributed by atoms with Crippen molar-refractivity contribution in [2.75, 3.05) is 0 Å². The minimum atomic E-state index is 1.12. The molecule has 0 saturated heterocycles. The maximum atomic E-state index is 3.92. The second-order valence-electron chi connectivity index (χ2n) is 2.22. The Morgan fingerprint density at radius 1 is 1.70 bits per heavy atom. The van der Waals surface area contributed by atoms with E-state index in [9.17, 15) is 0 Å². The summed E-state index contributed by atoms with van der Waals surface area (Å²) in [5.41, 5.74) is 0. The number of aromatic nitrogens is 2. The van der Waals surface area contributed by atoms with Crippen molar-refractivity contribution < 1.29 is 0 Å². The fourth-order valence-corrected chi connectivity index (χ4v) is 1.90. The molecule has 2 aromatic rings. The smallest absolute Gasteiger partial charge is 0.118 e. The molecule has 0 aliphatic carbocycles. The number of aromatic amines is 1. The third kappa shape index (κ3) is 0.743. The maximum absolute atomic E-state index is 3.92. The van der Waals surface area contributed by atoms with Crippen molar-refractivity contribution in [2.45, 2.75) is 13.3 Å². The van der Waals surface area contributed by atoms with Gasteiger partial charge in [-0.1, -0.05) is 6.92 Å². The topological polar surface area (TPSA) is 28.7 Å². The monoisotopic (exact) mass is 152 g/mol. The average Bonchev–Trinajstić information content (AvgIpc) is 2.42. The van der Waals surface area contributed by atoms with Crippen LogP contribution in [0.15, 0.2) is 12.3 Å². The van der Waals surface area contributed by atoms with Crippen LogP contribution in [-0.4, -0.2) is 10.2 Å². The Hall–Kier alpha value is -0.830. The summed E-state index contributed by atoms with van der Waals surface area (Å²) in [6.45, 7) is 2.16. The van der Waals surface area contributed by atoms with Crippen LogP contribution in [0.25, 0.3) is 10.2 Å². The average molecular weight is 152 g/mol. The molecular weight excluding hydrogens is 144 g/mol. The number of thiophene rings is 1. The number of aryl methyl sites for hydroxylation is 1. The first kappa shape index (κ1) is 5.92. The Kier molecular flexibility index (Phi) is 1.24. The zero-order chi connectivity index (χ0) is 6.97. The molecule has 52 valence electrons. The van der Waals surface area contributed by atoms with E-state index in [2.05, 4.69) is 23.2 Å². The van der Waals surface area contributed by atoms with E-state index in [1.807, 2.05) is 6.20 Å². The summed E-state index contributed by atoms with van der Waals surface area (Å²) in [6, 6.07) is 2.18. The predicted molar refractivity (Wildman–Crippen MR) is 43.3 cm³/mol. The zero-order valence-electron chi connectivity index (χ0n) is 5.72. The third-order valence-electron chi connectivity index (χ3n) is 1.53. The quantitative estimate of drug-likeness (QED) is 0.666. The SMILES string of the molecule is CCc1cc2cn[nH]c2s1. The summed E-state index contributed by atoms with van der Waals surface area (Å²) in [5, 5.41) is 8.10. The number of fused-ring (bicyclic) bond motifs is 1. The number of rotatable bonds is 1. The fraction of sp³-hybridized carbons (Fsp3) is 0.286. The van der Waals surface area contributed by atoms with E-state index in [-0.39, 0.29) is 0 Å². The molecule has 10 heavy (non-hydrogen) atoms. The van der Waals surface area contributed by atoms with E-state index < -0.39 is 0 Å². The normalized spacial score (nSPS) is 10.9. The molecule has 2 aromatic heterocycles. The van der Waals surface area contributed by atoms with Gasteiger partial charge in [0.05, 0.1) is 6.20 Å². The molecule has 0 fully saturated rings. The van der Waals surface area contributed by atoms with Crippen LogP contribution in [0.4, 0.5) is 0 Å². The molecule has 2 heterocycles. The van der Waals surface area contributed by atoms with Gasteiger partial charge in [-0.15, -0.1) is 11.3 Å². The summed E-state index contributed by atoms with van der Waals surface area (Å²) in [6.07, 6.45) is 2.98. The molecule has 1 N–H and O–H groups in total. The van der Waals surface area contributed by atoms with Crippen molar-refractivity contribution in [3.63, 3.8) is 0 Å². The van der Waals surface area contributed by atoms with Crippen LogP contribution in [0.5, 0.6) is 0 Å². The second kappa shape index (κ2) is 2.09. The van der Waals surface area contributed by atoms with Gasteiger partial charge in [0.15, 0.2) is 0 Å². The van der Waals surface area contributed by atoms with Crippen molar-refractivity contribution in [3.05, 3.63) is 17.1 Å². The number of nitrogens with zero attached hydrogens (tertiary/aromatic N) is 1. The van der Waals surface area contributed by atoms with Gasteiger partial charge in [0.25, 0.3) is 0 Å². The first-order valence-corrected chi connectivity index (χ1v) is 4.13. The number of H-pyrrole nitrogens is 1. The van der Waals surface area contributed by atoms with Crippen molar-refractivity contribution in [1.82, 2.24) is 10.2 Å². The Bertz CT molecular complexity index is 305. The molecule has 0 spiro atoms. The lowest BCUT2D eigenvalue weighted by molar-refractivity contribution is 1.12. The lowest BCUT2D eigenvalue weighted by Crippen LogP contribution is -1.66. The van der Waals surface area contributed by atoms with Crippen molar-refractivity contribution in [1.29, 1.82) is 0 Å². The molecule has 0 aliphatic heterocycles. The zero-order valence-corrected chi connectivity index (χ0v) is 6.53. The van der Waals surface area contributed by atoms with Crippen LogP contribution in [0, 0.1) is 0 Å². The van der Waals surface area contributed by atoms with Gasteiger partial charge in [-0.05, 0) is 12.5 Å². The third-order valence-corrected chi connectivity index (χ3v) is 2.73. The minimum absolute atomic E-state index is 1.12. The summed E-state index contributed by atoms with van der Waals surface area (Å²) in [5.74, 6) is 0. The summed E-state index contributed by atoms with van der Waals surface area (Å²) in [4.78, 5) is 2.61. The van der Waals surface area contributed by atoms with Gasteiger partial charge in [0, 0.05) is 10.3 Å². The molecule has 0 saturated carbocycles. The van der Waals surface area contributed by atoms with Crippen molar-refractivity contribution >= 4 is 21.6 Å². The van der Waals surface area contributed by atoms with E-state index in [0.29, 0.717) is 0 Å². The van der Waals surface area contributed by atoms with Crippen LogP contribution < -0.4 is 0 Å². The van der Waals surface area contributed by atoms with Gasteiger partial charge in [-0.2, -0.15) is 5.10 Å². The highest BCUT2D eigenvalue weighted by atomic mass is 32.1. The molecule has 2 rings (SSSR count). The summed E-state index contributed by atoms with van der Waals surface area (Å²) in [7, 11) is 0. The molecule has 0 aliphatic rings. The molecular formula is C7H8N2S. The van der Waals surface area contributed by atoms with Gasteiger partial charge in [-0.3, -0.25) is 5.10 Å². The molecule has 0 radical (unpaired) electrons. The van der Waals surface area contributed by atoms with E-state index >= 15 is 0 Å². The molecule has 0 aromatic carbocycles. The van der Waals surface area contributed by atoms with Gasteiger partial charge in [0.2, 0.25) is 0 Å². The Labute approximate surface area is 62.9 Å². The fourth-order valence-electron chi connectivity index (χ4n) is 0.976. The highest BCUT2D eigenvalue weighted by molar-refractivity contribution is 7.18. The first-order valence-electron chi connectivity index (χ1n) is 3.32. The number of hydrogen-bond acceptors (Lipinski definition) is 2. The predicted octanol–water partition coefficient (Wildman–Crippen LogP) is 2.19. The Balaban J connectivity index is 2.67. The second-order valence-corrected chi connectivity index (χ2v) is 3.36. The van der Waals surface area contributed by atoms with Crippen LogP contribution in [-0.2, 0) is 6.42 Å². The van der Waals surface area contributed by atoms with Crippen LogP contribution in [0.2, 0.25) is 0 Å². The van der Waals surface area contributed by atoms with Gasteiger partial charge in [0.1, 0.15) is 4.83 Å². The van der Waals surface area contributed by atoms with Crippen LogP contribution in [0.3, 0.4) is 0 Å². The largest absolute Gasteiger partial charge is 0.268 e.